The molecule has 0 aliphatic carbocycles. The number of benzene rings is 2. The standard InChI is InChI=1S/C32H39F3N2O4/c1-8-31(9-2,22-11-17-26(21(4)19-22)40-20-28(38)30(5,6)7)27-18-16-25(37(27)10-3)29(39)36-23-12-14-24(15-13-23)41-32(33,34)35/h11-19H,8-10,20H2,1-7H3,(H,36,39). The van der Waals surface area contributed by atoms with Crippen LogP contribution in [0, 0.1) is 12.3 Å². The van der Waals surface area contributed by atoms with Gasteiger partial charge in [-0.2, -0.15) is 0 Å². The van der Waals surface area contributed by atoms with Gasteiger partial charge >= 0.3 is 6.36 Å². The fraction of sp³-hybridized carbons (Fsp3) is 0.438. The second-order valence-corrected chi connectivity index (χ2v) is 11.1. The van der Waals surface area contributed by atoms with Crippen molar-refractivity contribution in [1.82, 2.24) is 4.57 Å². The van der Waals surface area contributed by atoms with E-state index >= 15 is 0 Å². The van der Waals surface area contributed by atoms with Gasteiger partial charge in [0, 0.05) is 28.8 Å². The summed E-state index contributed by atoms with van der Waals surface area (Å²) in [5, 5.41) is 2.77. The number of halogens is 3. The average Bonchev–Trinajstić information content (AvgIpc) is 3.33. The molecule has 1 N–H and O–H groups in total. The first-order valence-corrected chi connectivity index (χ1v) is 13.8. The van der Waals surface area contributed by atoms with Gasteiger partial charge in [-0.1, -0.05) is 46.8 Å². The van der Waals surface area contributed by atoms with Gasteiger partial charge in [0.15, 0.2) is 5.78 Å². The van der Waals surface area contributed by atoms with Gasteiger partial charge in [-0.25, -0.2) is 0 Å². The van der Waals surface area contributed by atoms with Gasteiger partial charge in [-0.15, -0.1) is 13.2 Å². The minimum absolute atomic E-state index is 0.00558. The van der Waals surface area contributed by atoms with E-state index in [0.717, 1.165) is 41.8 Å². The predicted octanol–water partition coefficient (Wildman–Crippen LogP) is 8.07. The number of aromatic nitrogens is 1. The molecule has 1 amide bonds. The molecule has 3 rings (SSSR count). The summed E-state index contributed by atoms with van der Waals surface area (Å²) in [5.41, 5.74) is 2.91. The number of hydrogen-bond acceptors (Lipinski definition) is 4. The van der Waals surface area contributed by atoms with Crippen LogP contribution in [0.15, 0.2) is 54.6 Å². The van der Waals surface area contributed by atoms with Gasteiger partial charge in [0.05, 0.1) is 0 Å². The number of anilines is 1. The van der Waals surface area contributed by atoms with E-state index in [1.165, 1.54) is 12.1 Å². The Labute approximate surface area is 239 Å². The summed E-state index contributed by atoms with van der Waals surface area (Å²) in [6, 6.07) is 14.8. The van der Waals surface area contributed by atoms with Crippen LogP contribution in [0.25, 0.3) is 0 Å². The molecule has 0 unspecified atom stereocenters. The van der Waals surface area contributed by atoms with E-state index in [4.69, 9.17) is 4.74 Å². The highest BCUT2D eigenvalue weighted by molar-refractivity contribution is 6.03. The van der Waals surface area contributed by atoms with Crippen LogP contribution in [0.2, 0.25) is 0 Å². The first kappa shape index (κ1) is 31.8. The molecule has 222 valence electrons. The number of ether oxygens (including phenoxy) is 2. The summed E-state index contributed by atoms with van der Waals surface area (Å²) in [6.45, 7) is 14.3. The summed E-state index contributed by atoms with van der Waals surface area (Å²) in [7, 11) is 0. The van der Waals surface area contributed by atoms with Gasteiger partial charge in [0.1, 0.15) is 23.8 Å². The van der Waals surface area contributed by atoms with Gasteiger partial charge in [-0.3, -0.25) is 9.59 Å². The zero-order valence-electron chi connectivity index (χ0n) is 24.7. The summed E-state index contributed by atoms with van der Waals surface area (Å²) < 4.78 is 49.1. The molecule has 2 aromatic carbocycles. The molecule has 0 atom stereocenters. The van der Waals surface area contributed by atoms with Crippen LogP contribution in [0.5, 0.6) is 11.5 Å². The second-order valence-electron chi connectivity index (χ2n) is 11.1. The van der Waals surface area contributed by atoms with Crippen LogP contribution < -0.4 is 14.8 Å². The maximum Gasteiger partial charge on any atom is 0.573 e. The van der Waals surface area contributed by atoms with E-state index in [1.807, 2.05) is 57.4 Å². The smallest absolute Gasteiger partial charge is 0.486 e. The number of nitrogens with one attached hydrogen (secondary N) is 1. The number of alkyl halides is 3. The van der Waals surface area contributed by atoms with Gasteiger partial charge in [0.25, 0.3) is 5.91 Å². The molecule has 1 aromatic heterocycles. The third-order valence-electron chi connectivity index (χ3n) is 7.50. The summed E-state index contributed by atoms with van der Waals surface area (Å²) in [5.74, 6) is -0.0512. The number of ketones is 1. The van der Waals surface area contributed by atoms with Crippen molar-refractivity contribution in [3.63, 3.8) is 0 Å². The van der Waals surface area contributed by atoms with Crippen molar-refractivity contribution in [3.05, 3.63) is 77.1 Å². The summed E-state index contributed by atoms with van der Waals surface area (Å²) in [4.78, 5) is 25.6. The highest BCUT2D eigenvalue weighted by Gasteiger charge is 2.35. The Morgan fingerprint density at radius 3 is 2.05 bits per heavy atom. The van der Waals surface area contributed by atoms with Crippen molar-refractivity contribution >= 4 is 17.4 Å². The number of Topliss-reactive ketones (excluding diaryl/α,β-unsaturated/α-hetero) is 1. The van der Waals surface area contributed by atoms with E-state index in [2.05, 4.69) is 30.0 Å². The maximum atomic E-state index is 13.3. The summed E-state index contributed by atoms with van der Waals surface area (Å²) in [6.07, 6.45) is -3.24. The Hall–Kier alpha value is -3.75. The molecule has 0 fully saturated rings. The average molecular weight is 573 g/mol. The molecule has 3 aromatic rings. The van der Waals surface area contributed by atoms with Crippen LogP contribution in [-0.2, 0) is 16.8 Å². The lowest BCUT2D eigenvalue weighted by Gasteiger charge is -2.34. The fourth-order valence-corrected chi connectivity index (χ4v) is 5.00. The number of carbonyl (C=O) groups is 2. The largest absolute Gasteiger partial charge is 0.573 e. The van der Waals surface area contributed by atoms with Crippen molar-refractivity contribution in [2.75, 3.05) is 11.9 Å². The van der Waals surface area contributed by atoms with Crippen LogP contribution in [0.3, 0.4) is 0 Å². The van der Waals surface area contributed by atoms with E-state index < -0.39 is 17.2 Å². The Morgan fingerprint density at radius 1 is 0.902 bits per heavy atom. The van der Waals surface area contributed by atoms with E-state index in [9.17, 15) is 22.8 Å². The molecular formula is C32H39F3N2O4. The van der Waals surface area contributed by atoms with Crippen LogP contribution in [0.1, 0.15) is 81.7 Å². The Bertz CT molecular complexity index is 1370. The lowest BCUT2D eigenvalue weighted by atomic mass is 9.72. The van der Waals surface area contributed by atoms with Crippen molar-refractivity contribution in [3.8, 4) is 11.5 Å². The molecule has 0 saturated heterocycles. The zero-order chi connectivity index (χ0) is 30.6. The van der Waals surface area contributed by atoms with Gasteiger partial charge in [-0.05, 0) is 80.3 Å². The SMILES string of the molecule is CCn1c(C(=O)Nc2ccc(OC(F)(F)F)cc2)ccc1C(CC)(CC)c1ccc(OCC(=O)C(C)(C)C)c(C)c1. The number of nitrogens with zero attached hydrogens (tertiary/aromatic N) is 1. The Balaban J connectivity index is 1.89. The lowest BCUT2D eigenvalue weighted by molar-refractivity contribution is -0.274. The molecule has 41 heavy (non-hydrogen) atoms. The third-order valence-corrected chi connectivity index (χ3v) is 7.50. The van der Waals surface area contributed by atoms with Crippen molar-refractivity contribution in [2.45, 2.75) is 79.6 Å². The molecule has 6 nitrogen and oxygen atoms in total. The molecule has 0 aliphatic heterocycles. The highest BCUT2D eigenvalue weighted by atomic mass is 19.4. The highest BCUT2D eigenvalue weighted by Crippen LogP contribution is 2.41. The van der Waals surface area contributed by atoms with E-state index in [0.29, 0.717) is 23.7 Å². The Morgan fingerprint density at radius 2 is 1.54 bits per heavy atom. The minimum atomic E-state index is -4.79. The number of aryl methyl sites for hydroxylation is 1. The Kier molecular flexibility index (Phi) is 9.62. The van der Waals surface area contributed by atoms with Gasteiger partial charge in [0.2, 0.25) is 0 Å². The molecule has 0 radical (unpaired) electrons. The lowest BCUT2D eigenvalue weighted by Crippen LogP contribution is -2.31. The first-order valence-electron chi connectivity index (χ1n) is 13.8. The summed E-state index contributed by atoms with van der Waals surface area (Å²) >= 11 is 0. The molecule has 1 heterocycles. The van der Waals surface area contributed by atoms with Crippen LogP contribution >= 0.6 is 0 Å². The van der Waals surface area contributed by atoms with Crippen LogP contribution in [0.4, 0.5) is 18.9 Å². The normalized spacial score (nSPS) is 12.2. The predicted molar refractivity (Wildman–Crippen MR) is 154 cm³/mol. The number of carbonyl (C=O) groups excluding carboxylic acids is 2. The van der Waals surface area contributed by atoms with E-state index in [1.54, 1.807) is 6.07 Å². The van der Waals surface area contributed by atoms with Crippen molar-refractivity contribution in [1.29, 1.82) is 0 Å². The van der Waals surface area contributed by atoms with Crippen molar-refractivity contribution < 1.29 is 32.2 Å². The molecular weight excluding hydrogens is 533 g/mol. The molecule has 0 aliphatic rings. The fourth-order valence-electron chi connectivity index (χ4n) is 5.00. The third kappa shape index (κ3) is 7.31. The number of amides is 1. The molecule has 9 heteroatoms. The topological polar surface area (TPSA) is 69.6 Å². The van der Waals surface area contributed by atoms with Gasteiger partial charge < -0.3 is 19.4 Å². The first-order chi connectivity index (χ1) is 19.1. The quantitative estimate of drug-likeness (QED) is 0.252. The maximum absolute atomic E-state index is 13.3. The van der Waals surface area contributed by atoms with E-state index in [-0.39, 0.29) is 24.0 Å². The number of rotatable bonds is 11. The molecule has 0 saturated carbocycles. The monoisotopic (exact) mass is 572 g/mol. The van der Waals surface area contributed by atoms with Crippen LogP contribution in [-0.4, -0.2) is 29.2 Å². The number of hydrogen-bond donors (Lipinski definition) is 1. The molecule has 0 spiro atoms. The van der Waals surface area contributed by atoms with Crippen molar-refractivity contribution in [2.24, 2.45) is 5.41 Å². The zero-order valence-corrected chi connectivity index (χ0v) is 24.7. The second kappa shape index (κ2) is 12.4. The molecule has 0 bridgehead atoms. The minimum Gasteiger partial charge on any atom is -0.486 e.